The van der Waals surface area contributed by atoms with E-state index in [0.29, 0.717) is 25.3 Å². The van der Waals surface area contributed by atoms with Crippen molar-refractivity contribution in [2.24, 2.45) is 29.6 Å². The fraction of sp³-hybridized carbons (Fsp3) is 0.875. The first-order valence-corrected chi connectivity index (χ1v) is 8.37. The predicted octanol–water partition coefficient (Wildman–Crippen LogP) is 2.92. The minimum absolute atomic E-state index is 0.00214. The van der Waals surface area contributed by atoms with Gasteiger partial charge in [0, 0.05) is 19.0 Å². The molecule has 2 aliphatic carbocycles. The smallest absolute Gasteiger partial charge is 0.392 e. The lowest BCUT2D eigenvalue weighted by molar-refractivity contribution is -0.200. The number of aliphatic carboxylic acids is 1. The third-order valence-electron chi connectivity index (χ3n) is 5.73. The highest BCUT2D eigenvalue weighted by atomic mass is 19.4. The van der Waals surface area contributed by atoms with E-state index >= 15 is 0 Å². The number of likely N-dealkylation sites (tertiary alicyclic amines) is 1. The average molecular weight is 333 g/mol. The summed E-state index contributed by atoms with van der Waals surface area (Å²) >= 11 is 0. The summed E-state index contributed by atoms with van der Waals surface area (Å²) in [6.07, 6.45) is -1.05. The Balaban J connectivity index is 1.73. The van der Waals surface area contributed by atoms with Gasteiger partial charge in [0.25, 0.3) is 0 Å². The lowest BCUT2D eigenvalue weighted by atomic mass is 9.78. The van der Waals surface area contributed by atoms with E-state index < -0.39 is 35.8 Å². The summed E-state index contributed by atoms with van der Waals surface area (Å²) in [4.78, 5) is 25.4. The Hall–Kier alpha value is -1.27. The van der Waals surface area contributed by atoms with Crippen molar-refractivity contribution in [2.75, 3.05) is 13.1 Å². The molecular weight excluding hydrogens is 311 g/mol. The number of carboxylic acids is 1. The van der Waals surface area contributed by atoms with Gasteiger partial charge < -0.3 is 10.0 Å². The third-order valence-corrected chi connectivity index (χ3v) is 5.73. The molecule has 1 saturated heterocycles. The number of alkyl halides is 3. The molecule has 130 valence electrons. The molecule has 1 amide bonds. The van der Waals surface area contributed by atoms with Gasteiger partial charge in [-0.25, -0.2) is 0 Å². The number of halogens is 3. The SMILES string of the molecule is O=C(O)[C@H]1CN(C(=O)C2CCCCC2C(F)(F)F)C[C@@H]1C1CC1. The zero-order valence-electron chi connectivity index (χ0n) is 12.9. The molecule has 3 aliphatic rings. The quantitative estimate of drug-likeness (QED) is 0.864. The first-order chi connectivity index (χ1) is 10.8. The summed E-state index contributed by atoms with van der Waals surface area (Å²) in [6.45, 7) is 0.373. The first kappa shape index (κ1) is 16.6. The molecule has 3 rings (SSSR count). The number of nitrogens with zero attached hydrogens (tertiary/aromatic N) is 1. The molecule has 0 bridgehead atoms. The van der Waals surface area contributed by atoms with E-state index in [2.05, 4.69) is 0 Å². The maximum atomic E-state index is 13.2. The Morgan fingerprint density at radius 3 is 2.17 bits per heavy atom. The van der Waals surface area contributed by atoms with Crippen LogP contribution >= 0.6 is 0 Å². The monoisotopic (exact) mass is 333 g/mol. The van der Waals surface area contributed by atoms with Gasteiger partial charge >= 0.3 is 12.1 Å². The van der Waals surface area contributed by atoms with Crippen LogP contribution in [-0.4, -0.2) is 41.1 Å². The number of rotatable bonds is 3. The van der Waals surface area contributed by atoms with E-state index in [0.717, 1.165) is 12.8 Å². The number of carboxylic acid groups (broad SMARTS) is 1. The maximum absolute atomic E-state index is 13.2. The van der Waals surface area contributed by atoms with Gasteiger partial charge in [0.05, 0.1) is 11.8 Å². The topological polar surface area (TPSA) is 57.6 Å². The van der Waals surface area contributed by atoms with Gasteiger partial charge in [-0.3, -0.25) is 9.59 Å². The lowest BCUT2D eigenvalue weighted by Gasteiger charge is -2.34. The zero-order valence-corrected chi connectivity index (χ0v) is 12.9. The molecule has 7 heteroatoms. The zero-order chi connectivity index (χ0) is 16.8. The van der Waals surface area contributed by atoms with Crippen LogP contribution in [-0.2, 0) is 9.59 Å². The molecular formula is C16H22F3NO3. The predicted molar refractivity (Wildman–Crippen MR) is 75.4 cm³/mol. The summed E-state index contributed by atoms with van der Waals surface area (Å²) in [7, 11) is 0. The first-order valence-electron chi connectivity index (χ1n) is 8.37. The molecule has 23 heavy (non-hydrogen) atoms. The molecule has 1 N–H and O–H groups in total. The van der Waals surface area contributed by atoms with Gasteiger partial charge in [0.1, 0.15) is 0 Å². The van der Waals surface area contributed by atoms with Crippen LogP contribution in [0.2, 0.25) is 0 Å². The second-order valence-electron chi connectivity index (χ2n) is 7.23. The normalized spacial score (nSPS) is 35.3. The molecule has 2 unspecified atom stereocenters. The maximum Gasteiger partial charge on any atom is 0.392 e. The van der Waals surface area contributed by atoms with Crippen molar-refractivity contribution in [1.82, 2.24) is 4.90 Å². The van der Waals surface area contributed by atoms with Crippen molar-refractivity contribution in [2.45, 2.75) is 44.7 Å². The van der Waals surface area contributed by atoms with Gasteiger partial charge in [-0.05, 0) is 37.5 Å². The van der Waals surface area contributed by atoms with E-state index in [-0.39, 0.29) is 25.3 Å². The number of hydrogen-bond acceptors (Lipinski definition) is 2. The summed E-state index contributed by atoms with van der Waals surface area (Å²) in [6, 6.07) is 0. The van der Waals surface area contributed by atoms with Gasteiger partial charge in [0.15, 0.2) is 0 Å². The lowest BCUT2D eigenvalue weighted by Crippen LogP contribution is -2.44. The molecule has 0 radical (unpaired) electrons. The molecule has 3 fully saturated rings. The van der Waals surface area contributed by atoms with Crippen LogP contribution in [0.15, 0.2) is 0 Å². The molecule has 0 aromatic carbocycles. The number of amides is 1. The van der Waals surface area contributed by atoms with Crippen LogP contribution in [0.4, 0.5) is 13.2 Å². The van der Waals surface area contributed by atoms with E-state index in [1.807, 2.05) is 0 Å². The summed E-state index contributed by atoms with van der Waals surface area (Å²) in [5.74, 6) is -4.43. The van der Waals surface area contributed by atoms with Crippen molar-refractivity contribution in [3.63, 3.8) is 0 Å². The number of hydrogen-bond donors (Lipinski definition) is 1. The molecule has 1 heterocycles. The Labute approximate surface area is 133 Å². The summed E-state index contributed by atoms with van der Waals surface area (Å²) in [5, 5.41) is 9.33. The third kappa shape index (κ3) is 3.33. The molecule has 2 saturated carbocycles. The fourth-order valence-electron chi connectivity index (χ4n) is 4.32. The Morgan fingerprint density at radius 1 is 0.957 bits per heavy atom. The molecule has 4 atom stereocenters. The minimum atomic E-state index is -4.36. The van der Waals surface area contributed by atoms with Crippen LogP contribution in [0.25, 0.3) is 0 Å². The Kier molecular flexibility index (Phi) is 4.31. The highest BCUT2D eigenvalue weighted by Gasteiger charge is 2.52. The van der Waals surface area contributed by atoms with E-state index in [1.54, 1.807) is 0 Å². The molecule has 4 nitrogen and oxygen atoms in total. The average Bonchev–Trinajstić information content (AvgIpc) is 3.24. The van der Waals surface area contributed by atoms with Crippen molar-refractivity contribution < 1.29 is 27.9 Å². The summed E-state index contributed by atoms with van der Waals surface area (Å²) < 4.78 is 39.6. The minimum Gasteiger partial charge on any atom is -0.481 e. The second-order valence-corrected chi connectivity index (χ2v) is 7.23. The van der Waals surface area contributed by atoms with Gasteiger partial charge in [-0.1, -0.05) is 12.8 Å². The van der Waals surface area contributed by atoms with Gasteiger partial charge in [0.2, 0.25) is 5.91 Å². The van der Waals surface area contributed by atoms with Crippen molar-refractivity contribution >= 4 is 11.9 Å². The standard InChI is InChI=1S/C16H22F3NO3/c17-16(18,19)13-4-2-1-3-10(13)14(21)20-7-11(9-5-6-9)12(8-20)15(22)23/h9-13H,1-8H2,(H,22,23)/t10?,11-,12+,13?/m1/s1. The van der Waals surface area contributed by atoms with Crippen LogP contribution in [0.1, 0.15) is 38.5 Å². The molecule has 1 aliphatic heterocycles. The summed E-state index contributed by atoms with van der Waals surface area (Å²) in [5.41, 5.74) is 0. The largest absolute Gasteiger partial charge is 0.481 e. The van der Waals surface area contributed by atoms with Gasteiger partial charge in [-0.15, -0.1) is 0 Å². The molecule has 0 spiro atoms. The molecule has 0 aromatic heterocycles. The van der Waals surface area contributed by atoms with Crippen LogP contribution in [0.3, 0.4) is 0 Å². The molecule has 0 aromatic rings. The number of carbonyl (C=O) groups excluding carboxylic acids is 1. The fourth-order valence-corrected chi connectivity index (χ4v) is 4.32. The number of carbonyl (C=O) groups is 2. The van der Waals surface area contributed by atoms with Crippen molar-refractivity contribution in [1.29, 1.82) is 0 Å². The van der Waals surface area contributed by atoms with Gasteiger partial charge in [-0.2, -0.15) is 13.2 Å². The highest BCUT2D eigenvalue weighted by Crippen LogP contribution is 2.46. The van der Waals surface area contributed by atoms with Crippen LogP contribution < -0.4 is 0 Å². The van der Waals surface area contributed by atoms with Crippen LogP contribution in [0, 0.1) is 29.6 Å². The van der Waals surface area contributed by atoms with Crippen molar-refractivity contribution in [3.8, 4) is 0 Å². The Morgan fingerprint density at radius 2 is 1.61 bits per heavy atom. The Bertz CT molecular complexity index is 489. The highest BCUT2D eigenvalue weighted by molar-refractivity contribution is 5.81. The van der Waals surface area contributed by atoms with Crippen LogP contribution in [0.5, 0.6) is 0 Å². The van der Waals surface area contributed by atoms with E-state index in [1.165, 1.54) is 4.90 Å². The van der Waals surface area contributed by atoms with E-state index in [9.17, 15) is 27.9 Å². The van der Waals surface area contributed by atoms with Crippen molar-refractivity contribution in [3.05, 3.63) is 0 Å². The van der Waals surface area contributed by atoms with E-state index in [4.69, 9.17) is 0 Å². The second kappa shape index (κ2) is 5.98.